The summed E-state index contributed by atoms with van der Waals surface area (Å²) in [6.45, 7) is 12.0. The summed E-state index contributed by atoms with van der Waals surface area (Å²) < 4.78 is 0. The molecule has 1 aliphatic carbocycles. The minimum Gasteiger partial charge on any atom is -0.338 e. The van der Waals surface area contributed by atoms with Gasteiger partial charge in [-0.05, 0) is 43.6 Å². The molecule has 23 heavy (non-hydrogen) atoms. The molecular formula is C21H35NO. The van der Waals surface area contributed by atoms with Crippen LogP contribution >= 0.6 is 0 Å². The van der Waals surface area contributed by atoms with Crippen molar-refractivity contribution in [1.29, 1.82) is 0 Å². The number of carbonyl (C=O) groups excluding carboxylic acids is 1. The van der Waals surface area contributed by atoms with Crippen molar-refractivity contribution in [3.8, 4) is 0 Å². The number of likely N-dealkylation sites (tertiary alicyclic amines) is 1. The minimum atomic E-state index is 0.00128. The molecule has 0 bridgehead atoms. The van der Waals surface area contributed by atoms with Crippen LogP contribution in [0.2, 0.25) is 0 Å². The van der Waals surface area contributed by atoms with Gasteiger partial charge in [0.05, 0.1) is 5.41 Å². The second kappa shape index (κ2) is 9.75. The van der Waals surface area contributed by atoms with Gasteiger partial charge in [0.2, 0.25) is 5.91 Å². The van der Waals surface area contributed by atoms with Gasteiger partial charge < -0.3 is 4.90 Å². The number of hydrogen-bond donors (Lipinski definition) is 0. The fourth-order valence-electron chi connectivity index (χ4n) is 3.63. The third-order valence-electron chi connectivity index (χ3n) is 5.05. The van der Waals surface area contributed by atoms with Crippen molar-refractivity contribution in [2.24, 2.45) is 11.3 Å². The highest BCUT2D eigenvalue weighted by atomic mass is 16.2. The fourth-order valence-corrected chi connectivity index (χ4v) is 3.63. The van der Waals surface area contributed by atoms with E-state index in [-0.39, 0.29) is 5.41 Å². The molecule has 1 aliphatic heterocycles. The maximum atomic E-state index is 12.7. The van der Waals surface area contributed by atoms with Gasteiger partial charge >= 0.3 is 0 Å². The number of rotatable bonds is 2. The average molecular weight is 318 g/mol. The van der Waals surface area contributed by atoms with E-state index in [0.717, 1.165) is 38.3 Å². The quantitative estimate of drug-likeness (QED) is 0.688. The van der Waals surface area contributed by atoms with Gasteiger partial charge in [-0.1, -0.05) is 65.0 Å². The summed E-state index contributed by atoms with van der Waals surface area (Å²) in [7, 11) is 0. The molecule has 1 heterocycles. The summed E-state index contributed by atoms with van der Waals surface area (Å²) in [5.41, 5.74) is 1.25. The monoisotopic (exact) mass is 317 g/mol. The highest BCUT2D eigenvalue weighted by molar-refractivity contribution is 5.84. The second-order valence-corrected chi connectivity index (χ2v) is 6.43. The predicted molar refractivity (Wildman–Crippen MR) is 99.2 cm³/mol. The van der Waals surface area contributed by atoms with Crippen LogP contribution in [0.1, 0.15) is 72.3 Å². The number of amides is 1. The highest BCUT2D eigenvalue weighted by Gasteiger charge is 2.47. The molecule has 3 rings (SSSR count). The van der Waals surface area contributed by atoms with Gasteiger partial charge in [-0.15, -0.1) is 0 Å². The van der Waals surface area contributed by atoms with Crippen molar-refractivity contribution < 1.29 is 4.79 Å². The van der Waals surface area contributed by atoms with Gasteiger partial charge in [-0.25, -0.2) is 0 Å². The predicted octanol–water partition coefficient (Wildman–Crippen LogP) is 5.67. The molecule has 2 aliphatic rings. The van der Waals surface area contributed by atoms with Crippen LogP contribution in [-0.2, 0) is 11.3 Å². The Morgan fingerprint density at radius 1 is 1.00 bits per heavy atom. The van der Waals surface area contributed by atoms with Gasteiger partial charge in [0.15, 0.2) is 0 Å². The summed E-state index contributed by atoms with van der Waals surface area (Å²) in [5, 5.41) is 0. The molecule has 0 unspecified atom stereocenters. The van der Waals surface area contributed by atoms with Gasteiger partial charge in [0, 0.05) is 13.1 Å². The lowest BCUT2D eigenvalue weighted by atomic mass is 9.70. The third kappa shape index (κ3) is 4.83. The summed E-state index contributed by atoms with van der Waals surface area (Å²) in [6, 6.07) is 10.4. The SMILES string of the molecule is CC.CC.CC1CCC2(CC1)CCN(Cc1ccccc1)C2=O. The first-order chi connectivity index (χ1) is 11.2. The average Bonchev–Trinajstić information content (AvgIpc) is 2.92. The van der Waals surface area contributed by atoms with Crippen LogP contribution in [0.4, 0.5) is 0 Å². The van der Waals surface area contributed by atoms with Gasteiger partial charge in [0.25, 0.3) is 0 Å². The smallest absolute Gasteiger partial charge is 0.229 e. The summed E-state index contributed by atoms with van der Waals surface area (Å²) in [5.74, 6) is 1.23. The maximum absolute atomic E-state index is 12.7. The number of benzene rings is 1. The van der Waals surface area contributed by atoms with Crippen LogP contribution < -0.4 is 0 Å². The Morgan fingerprint density at radius 3 is 2.13 bits per heavy atom. The van der Waals surface area contributed by atoms with Gasteiger partial charge in [-0.2, -0.15) is 0 Å². The molecule has 1 saturated carbocycles. The minimum absolute atomic E-state index is 0.00128. The molecule has 0 aromatic heterocycles. The Morgan fingerprint density at radius 2 is 1.57 bits per heavy atom. The van der Waals surface area contributed by atoms with Crippen LogP contribution in [0.25, 0.3) is 0 Å². The molecule has 0 atom stereocenters. The van der Waals surface area contributed by atoms with Crippen molar-refractivity contribution in [3.63, 3.8) is 0 Å². The van der Waals surface area contributed by atoms with E-state index in [2.05, 4.69) is 24.0 Å². The Hall–Kier alpha value is -1.31. The van der Waals surface area contributed by atoms with E-state index in [1.807, 2.05) is 45.9 Å². The van der Waals surface area contributed by atoms with E-state index < -0.39 is 0 Å². The number of carbonyl (C=O) groups is 1. The molecule has 2 nitrogen and oxygen atoms in total. The molecule has 2 heteroatoms. The molecule has 0 N–H and O–H groups in total. The van der Waals surface area contributed by atoms with E-state index in [0.29, 0.717) is 5.91 Å². The normalized spacial score (nSPS) is 26.2. The number of hydrogen-bond acceptors (Lipinski definition) is 1. The van der Waals surface area contributed by atoms with Crippen molar-refractivity contribution in [2.45, 2.75) is 73.3 Å². The zero-order valence-electron chi connectivity index (χ0n) is 15.8. The Kier molecular flexibility index (Phi) is 8.36. The lowest BCUT2D eigenvalue weighted by molar-refractivity contribution is -0.138. The van der Waals surface area contributed by atoms with Crippen LogP contribution in [-0.4, -0.2) is 17.4 Å². The summed E-state index contributed by atoms with van der Waals surface area (Å²) >= 11 is 0. The van der Waals surface area contributed by atoms with E-state index in [1.165, 1.54) is 18.4 Å². The van der Waals surface area contributed by atoms with E-state index in [4.69, 9.17) is 0 Å². The lowest BCUT2D eigenvalue weighted by Crippen LogP contribution is -2.36. The largest absolute Gasteiger partial charge is 0.338 e. The maximum Gasteiger partial charge on any atom is 0.229 e. The summed E-state index contributed by atoms with van der Waals surface area (Å²) in [6.07, 6.45) is 5.75. The van der Waals surface area contributed by atoms with Gasteiger partial charge in [-0.3, -0.25) is 4.79 Å². The molecular weight excluding hydrogens is 282 g/mol. The van der Waals surface area contributed by atoms with Crippen LogP contribution in [0.3, 0.4) is 0 Å². The molecule has 1 saturated heterocycles. The fraction of sp³-hybridized carbons (Fsp3) is 0.667. The molecule has 1 spiro atoms. The van der Waals surface area contributed by atoms with Crippen LogP contribution in [0.5, 0.6) is 0 Å². The first-order valence-corrected chi connectivity index (χ1v) is 9.53. The third-order valence-corrected chi connectivity index (χ3v) is 5.05. The van der Waals surface area contributed by atoms with Crippen molar-refractivity contribution in [1.82, 2.24) is 4.90 Å². The Balaban J connectivity index is 0.000000615. The van der Waals surface area contributed by atoms with Crippen LogP contribution in [0.15, 0.2) is 30.3 Å². The second-order valence-electron chi connectivity index (χ2n) is 6.43. The molecule has 1 aromatic carbocycles. The first kappa shape index (κ1) is 19.7. The molecule has 1 amide bonds. The topological polar surface area (TPSA) is 20.3 Å². The standard InChI is InChI=1S/C17H23NO.2C2H6/c1-14-7-9-17(10-8-14)11-12-18(16(17)19)13-15-5-3-2-4-6-15;2*1-2/h2-6,14H,7-13H2,1H3;2*1-2H3. The molecule has 0 radical (unpaired) electrons. The van der Waals surface area contributed by atoms with Crippen molar-refractivity contribution >= 4 is 5.91 Å². The zero-order chi connectivity index (χ0) is 17.3. The lowest BCUT2D eigenvalue weighted by Gasteiger charge is -2.34. The first-order valence-electron chi connectivity index (χ1n) is 9.53. The Labute approximate surface area is 143 Å². The number of nitrogens with zero attached hydrogens (tertiary/aromatic N) is 1. The Bertz CT molecular complexity index is 446. The van der Waals surface area contributed by atoms with E-state index >= 15 is 0 Å². The van der Waals surface area contributed by atoms with E-state index in [1.54, 1.807) is 0 Å². The van der Waals surface area contributed by atoms with Gasteiger partial charge in [0.1, 0.15) is 0 Å². The molecule has 1 aromatic rings. The molecule has 2 fully saturated rings. The summed E-state index contributed by atoms with van der Waals surface area (Å²) in [4.78, 5) is 14.8. The molecule has 130 valence electrons. The zero-order valence-corrected chi connectivity index (χ0v) is 15.8. The van der Waals surface area contributed by atoms with Crippen LogP contribution in [0, 0.1) is 11.3 Å². The highest BCUT2D eigenvalue weighted by Crippen LogP contribution is 2.46. The van der Waals surface area contributed by atoms with Crippen molar-refractivity contribution in [2.75, 3.05) is 6.54 Å². The van der Waals surface area contributed by atoms with Crippen molar-refractivity contribution in [3.05, 3.63) is 35.9 Å². The van der Waals surface area contributed by atoms with E-state index in [9.17, 15) is 4.79 Å².